The minimum atomic E-state index is 0.649. The van der Waals surface area contributed by atoms with Gasteiger partial charge >= 0.3 is 0 Å². The minimum Gasteiger partial charge on any atom is -0.377 e. The number of para-hydroxylation sites is 1. The highest BCUT2D eigenvalue weighted by Gasteiger charge is 2.06. The van der Waals surface area contributed by atoms with Crippen molar-refractivity contribution in [1.82, 2.24) is 19.7 Å². The highest BCUT2D eigenvalue weighted by Crippen LogP contribution is 2.24. The van der Waals surface area contributed by atoms with E-state index < -0.39 is 0 Å². The lowest BCUT2D eigenvalue weighted by Gasteiger charge is -2.11. The standard InChI is InChI=1S/C16H19N5/c1-3-6-12-9-15(13-7-4-5-8-14(13)20-12)17-10-16-18-11-19-21(16)2/h4-5,7-9,11H,3,6,10H2,1-2H3,(H,17,20). The van der Waals surface area contributed by atoms with Crippen molar-refractivity contribution < 1.29 is 0 Å². The number of aryl methyl sites for hydroxylation is 2. The fourth-order valence-corrected chi connectivity index (χ4v) is 2.42. The zero-order valence-electron chi connectivity index (χ0n) is 12.4. The zero-order chi connectivity index (χ0) is 14.7. The van der Waals surface area contributed by atoms with Crippen LogP contribution >= 0.6 is 0 Å². The fraction of sp³-hybridized carbons (Fsp3) is 0.312. The summed E-state index contributed by atoms with van der Waals surface area (Å²) in [6.07, 6.45) is 3.65. The molecule has 2 aromatic heterocycles. The Bertz CT molecular complexity index is 747. The van der Waals surface area contributed by atoms with Crippen LogP contribution in [0.5, 0.6) is 0 Å². The average molecular weight is 281 g/mol. The number of nitrogens with zero attached hydrogens (tertiary/aromatic N) is 4. The Balaban J connectivity index is 1.93. The summed E-state index contributed by atoms with van der Waals surface area (Å²) < 4.78 is 1.78. The number of pyridine rings is 1. The van der Waals surface area contributed by atoms with Gasteiger partial charge in [-0.2, -0.15) is 5.10 Å². The number of rotatable bonds is 5. The molecule has 2 heterocycles. The molecule has 1 aromatic carbocycles. The first-order chi connectivity index (χ1) is 10.3. The summed E-state index contributed by atoms with van der Waals surface area (Å²) in [6.45, 7) is 2.82. The van der Waals surface area contributed by atoms with Crippen LogP contribution < -0.4 is 5.32 Å². The van der Waals surface area contributed by atoms with Gasteiger partial charge in [-0.25, -0.2) is 4.98 Å². The summed E-state index contributed by atoms with van der Waals surface area (Å²) in [4.78, 5) is 8.96. The van der Waals surface area contributed by atoms with Gasteiger partial charge in [-0.15, -0.1) is 0 Å². The Kier molecular flexibility index (Phi) is 3.81. The SMILES string of the molecule is CCCc1cc(NCc2ncnn2C)c2ccccc2n1. The van der Waals surface area contributed by atoms with Crippen LogP contribution in [0.4, 0.5) is 5.69 Å². The number of anilines is 1. The molecule has 108 valence electrons. The second-order valence-electron chi connectivity index (χ2n) is 5.08. The lowest BCUT2D eigenvalue weighted by Crippen LogP contribution is -2.07. The van der Waals surface area contributed by atoms with Crippen molar-refractivity contribution in [2.24, 2.45) is 7.05 Å². The quantitative estimate of drug-likeness (QED) is 0.781. The van der Waals surface area contributed by atoms with E-state index in [1.54, 1.807) is 11.0 Å². The summed E-state index contributed by atoms with van der Waals surface area (Å²) >= 11 is 0. The molecule has 0 aliphatic heterocycles. The van der Waals surface area contributed by atoms with E-state index in [-0.39, 0.29) is 0 Å². The molecule has 0 aliphatic carbocycles. The Morgan fingerprint density at radius 3 is 2.86 bits per heavy atom. The minimum absolute atomic E-state index is 0.649. The number of fused-ring (bicyclic) bond motifs is 1. The predicted octanol–water partition coefficient (Wildman–Crippen LogP) is 2.93. The zero-order valence-corrected chi connectivity index (χ0v) is 12.4. The lowest BCUT2D eigenvalue weighted by molar-refractivity contribution is 0.712. The molecule has 5 nitrogen and oxygen atoms in total. The van der Waals surface area contributed by atoms with Crippen LogP contribution in [0.15, 0.2) is 36.7 Å². The molecule has 0 radical (unpaired) electrons. The second kappa shape index (κ2) is 5.91. The van der Waals surface area contributed by atoms with Crippen LogP contribution in [0.3, 0.4) is 0 Å². The Labute approximate surface area is 124 Å². The third kappa shape index (κ3) is 2.86. The molecule has 1 N–H and O–H groups in total. The summed E-state index contributed by atoms with van der Waals surface area (Å²) in [7, 11) is 1.90. The van der Waals surface area contributed by atoms with E-state index in [1.807, 2.05) is 19.2 Å². The van der Waals surface area contributed by atoms with Crippen molar-refractivity contribution in [2.75, 3.05) is 5.32 Å². The maximum absolute atomic E-state index is 4.71. The van der Waals surface area contributed by atoms with E-state index in [4.69, 9.17) is 4.98 Å². The highest BCUT2D eigenvalue weighted by atomic mass is 15.3. The van der Waals surface area contributed by atoms with Gasteiger partial charge < -0.3 is 5.32 Å². The first-order valence-corrected chi connectivity index (χ1v) is 7.23. The maximum Gasteiger partial charge on any atom is 0.145 e. The van der Waals surface area contributed by atoms with E-state index >= 15 is 0 Å². The van der Waals surface area contributed by atoms with E-state index in [9.17, 15) is 0 Å². The van der Waals surface area contributed by atoms with Gasteiger partial charge in [-0.1, -0.05) is 31.5 Å². The molecule has 0 bridgehead atoms. The third-order valence-electron chi connectivity index (χ3n) is 3.52. The van der Waals surface area contributed by atoms with Crippen molar-refractivity contribution >= 4 is 16.6 Å². The first kappa shape index (κ1) is 13.5. The van der Waals surface area contributed by atoms with Crippen LogP contribution in [0.1, 0.15) is 24.9 Å². The summed E-state index contributed by atoms with van der Waals surface area (Å²) in [5, 5.41) is 8.70. The summed E-state index contributed by atoms with van der Waals surface area (Å²) in [5.74, 6) is 0.910. The molecule has 0 aliphatic rings. The molecule has 21 heavy (non-hydrogen) atoms. The predicted molar refractivity (Wildman–Crippen MR) is 84.1 cm³/mol. The summed E-state index contributed by atoms with van der Waals surface area (Å²) in [6, 6.07) is 10.4. The monoisotopic (exact) mass is 281 g/mol. The molecule has 0 saturated heterocycles. The molecule has 0 fully saturated rings. The topological polar surface area (TPSA) is 55.6 Å². The summed E-state index contributed by atoms with van der Waals surface area (Å²) in [5.41, 5.74) is 3.26. The van der Waals surface area contributed by atoms with Crippen molar-refractivity contribution in [3.63, 3.8) is 0 Å². The molecule has 0 amide bonds. The second-order valence-corrected chi connectivity index (χ2v) is 5.08. The number of benzene rings is 1. The molecular formula is C16H19N5. The van der Waals surface area contributed by atoms with Gasteiger partial charge in [0, 0.05) is 23.8 Å². The molecule has 3 aromatic rings. The maximum atomic E-state index is 4.71. The van der Waals surface area contributed by atoms with Crippen molar-refractivity contribution in [3.05, 3.63) is 48.2 Å². The molecule has 0 spiro atoms. The van der Waals surface area contributed by atoms with Gasteiger partial charge in [0.25, 0.3) is 0 Å². The van der Waals surface area contributed by atoms with E-state index in [0.717, 1.165) is 41.0 Å². The smallest absolute Gasteiger partial charge is 0.145 e. The molecule has 0 unspecified atom stereocenters. The van der Waals surface area contributed by atoms with Crippen molar-refractivity contribution in [3.8, 4) is 0 Å². The number of hydrogen-bond donors (Lipinski definition) is 1. The van der Waals surface area contributed by atoms with E-state index in [0.29, 0.717) is 6.54 Å². The Hall–Kier alpha value is -2.43. The van der Waals surface area contributed by atoms with E-state index in [1.165, 1.54) is 0 Å². The molecule has 3 rings (SSSR count). The normalized spacial score (nSPS) is 11.0. The number of nitrogens with one attached hydrogen (secondary N) is 1. The van der Waals surface area contributed by atoms with Crippen LogP contribution in [0.25, 0.3) is 10.9 Å². The first-order valence-electron chi connectivity index (χ1n) is 7.23. The van der Waals surface area contributed by atoms with Gasteiger partial charge in [0.15, 0.2) is 0 Å². The molecule has 0 atom stereocenters. The van der Waals surface area contributed by atoms with Gasteiger partial charge in [0.05, 0.1) is 12.1 Å². The van der Waals surface area contributed by atoms with Crippen molar-refractivity contribution in [2.45, 2.75) is 26.3 Å². The highest BCUT2D eigenvalue weighted by molar-refractivity contribution is 5.91. The Morgan fingerprint density at radius 2 is 2.10 bits per heavy atom. The van der Waals surface area contributed by atoms with Crippen LogP contribution in [0, 0.1) is 0 Å². The molecule has 5 heteroatoms. The van der Waals surface area contributed by atoms with Gasteiger partial charge in [-0.05, 0) is 18.6 Å². The van der Waals surface area contributed by atoms with Crippen molar-refractivity contribution in [1.29, 1.82) is 0 Å². The largest absolute Gasteiger partial charge is 0.377 e. The average Bonchev–Trinajstić information content (AvgIpc) is 2.90. The molecule has 0 saturated carbocycles. The number of hydrogen-bond acceptors (Lipinski definition) is 4. The molecular weight excluding hydrogens is 262 g/mol. The van der Waals surface area contributed by atoms with Crippen LogP contribution in [-0.4, -0.2) is 19.7 Å². The number of aromatic nitrogens is 4. The van der Waals surface area contributed by atoms with Crippen LogP contribution in [0.2, 0.25) is 0 Å². The lowest BCUT2D eigenvalue weighted by atomic mass is 10.1. The third-order valence-corrected chi connectivity index (χ3v) is 3.52. The van der Waals surface area contributed by atoms with E-state index in [2.05, 4.69) is 40.5 Å². The fourth-order valence-electron chi connectivity index (χ4n) is 2.42. The van der Waals surface area contributed by atoms with Crippen LogP contribution in [-0.2, 0) is 20.0 Å². The van der Waals surface area contributed by atoms with Gasteiger partial charge in [0.1, 0.15) is 12.2 Å². The Morgan fingerprint density at radius 1 is 1.24 bits per heavy atom. The van der Waals surface area contributed by atoms with Gasteiger partial charge in [-0.3, -0.25) is 9.67 Å². The van der Waals surface area contributed by atoms with Gasteiger partial charge in [0.2, 0.25) is 0 Å².